The quantitative estimate of drug-likeness (QED) is 0.895. The van der Waals surface area contributed by atoms with Gasteiger partial charge in [-0.1, -0.05) is 24.7 Å². The van der Waals surface area contributed by atoms with Crippen LogP contribution in [-0.2, 0) is 6.42 Å². The Kier molecular flexibility index (Phi) is 3.17. The van der Waals surface area contributed by atoms with Gasteiger partial charge in [0.1, 0.15) is 10.0 Å². The number of nitrogens with zero attached hydrogens (tertiary/aromatic N) is 2. The summed E-state index contributed by atoms with van der Waals surface area (Å²) in [5.41, 5.74) is 5.98. The SMILES string of the molecule is CCC(N)c1nnc(CC2CC3CCC2C3)s1. The van der Waals surface area contributed by atoms with Crippen molar-refractivity contribution in [2.24, 2.45) is 23.5 Å². The van der Waals surface area contributed by atoms with E-state index >= 15 is 0 Å². The Balaban J connectivity index is 1.63. The molecule has 2 fully saturated rings. The van der Waals surface area contributed by atoms with E-state index < -0.39 is 0 Å². The predicted molar refractivity (Wildman–Crippen MR) is 69.8 cm³/mol. The van der Waals surface area contributed by atoms with E-state index in [1.807, 2.05) is 0 Å². The summed E-state index contributed by atoms with van der Waals surface area (Å²) in [6.45, 7) is 2.10. The zero-order valence-corrected chi connectivity index (χ0v) is 11.2. The van der Waals surface area contributed by atoms with Crippen LogP contribution in [-0.4, -0.2) is 10.2 Å². The molecule has 4 heteroatoms. The van der Waals surface area contributed by atoms with Crippen molar-refractivity contribution in [3.63, 3.8) is 0 Å². The summed E-state index contributed by atoms with van der Waals surface area (Å²) in [4.78, 5) is 0. The van der Waals surface area contributed by atoms with Crippen molar-refractivity contribution in [2.75, 3.05) is 0 Å². The average molecular weight is 251 g/mol. The van der Waals surface area contributed by atoms with Crippen molar-refractivity contribution >= 4 is 11.3 Å². The van der Waals surface area contributed by atoms with Crippen molar-refractivity contribution in [1.29, 1.82) is 0 Å². The molecule has 0 aliphatic heterocycles. The number of rotatable bonds is 4. The van der Waals surface area contributed by atoms with E-state index in [4.69, 9.17) is 5.73 Å². The first kappa shape index (κ1) is 11.6. The number of hydrogen-bond acceptors (Lipinski definition) is 4. The van der Waals surface area contributed by atoms with Crippen molar-refractivity contribution in [2.45, 2.75) is 51.5 Å². The Bertz CT molecular complexity index is 390. The lowest BCUT2D eigenvalue weighted by Gasteiger charge is -2.19. The summed E-state index contributed by atoms with van der Waals surface area (Å²) in [6, 6.07) is 0.0845. The van der Waals surface area contributed by atoms with Crippen LogP contribution in [0.3, 0.4) is 0 Å². The number of hydrogen-bond donors (Lipinski definition) is 1. The predicted octanol–water partition coefficient (Wildman–Crippen LogP) is 2.93. The van der Waals surface area contributed by atoms with Crippen LogP contribution in [0.5, 0.6) is 0 Å². The lowest BCUT2D eigenvalue weighted by Crippen LogP contribution is -2.12. The normalized spacial score (nSPS) is 33.2. The van der Waals surface area contributed by atoms with Gasteiger partial charge < -0.3 is 5.73 Å². The molecule has 2 bridgehead atoms. The summed E-state index contributed by atoms with van der Waals surface area (Å²) in [5, 5.41) is 10.8. The zero-order chi connectivity index (χ0) is 11.8. The third kappa shape index (κ3) is 2.25. The fourth-order valence-electron chi connectivity index (χ4n) is 3.52. The van der Waals surface area contributed by atoms with E-state index in [-0.39, 0.29) is 6.04 Å². The van der Waals surface area contributed by atoms with E-state index in [1.54, 1.807) is 11.3 Å². The molecule has 0 saturated heterocycles. The largest absolute Gasteiger partial charge is 0.322 e. The Hall–Kier alpha value is -0.480. The van der Waals surface area contributed by atoms with Crippen molar-refractivity contribution in [1.82, 2.24) is 10.2 Å². The van der Waals surface area contributed by atoms with Crippen LogP contribution >= 0.6 is 11.3 Å². The molecule has 2 aliphatic carbocycles. The molecule has 4 atom stereocenters. The van der Waals surface area contributed by atoms with Crippen LogP contribution in [0.15, 0.2) is 0 Å². The van der Waals surface area contributed by atoms with Gasteiger partial charge in [-0.15, -0.1) is 10.2 Å². The first-order chi connectivity index (χ1) is 8.26. The van der Waals surface area contributed by atoms with E-state index in [0.717, 1.165) is 35.6 Å². The maximum Gasteiger partial charge on any atom is 0.134 e. The molecule has 1 aromatic heterocycles. The van der Waals surface area contributed by atoms with Crippen molar-refractivity contribution < 1.29 is 0 Å². The van der Waals surface area contributed by atoms with Crippen LogP contribution in [0.1, 0.15) is 55.1 Å². The third-order valence-corrected chi connectivity index (χ3v) is 5.64. The minimum atomic E-state index is 0.0845. The Morgan fingerprint density at radius 3 is 2.88 bits per heavy atom. The fourth-order valence-corrected chi connectivity index (χ4v) is 4.54. The highest BCUT2D eigenvalue weighted by Crippen LogP contribution is 2.49. The Morgan fingerprint density at radius 2 is 2.24 bits per heavy atom. The van der Waals surface area contributed by atoms with Gasteiger partial charge in [0.05, 0.1) is 6.04 Å². The molecule has 1 heterocycles. The van der Waals surface area contributed by atoms with E-state index in [0.29, 0.717) is 0 Å². The molecule has 0 radical (unpaired) electrons. The molecule has 4 unspecified atom stereocenters. The van der Waals surface area contributed by atoms with Gasteiger partial charge >= 0.3 is 0 Å². The molecule has 3 rings (SSSR count). The van der Waals surface area contributed by atoms with E-state index in [9.17, 15) is 0 Å². The second-order valence-corrected chi connectivity index (χ2v) is 6.78. The summed E-state index contributed by atoms with van der Waals surface area (Å²) in [7, 11) is 0. The molecule has 0 aromatic carbocycles. The lowest BCUT2D eigenvalue weighted by atomic mass is 9.87. The minimum Gasteiger partial charge on any atom is -0.322 e. The van der Waals surface area contributed by atoms with Gasteiger partial charge in [0.15, 0.2) is 0 Å². The van der Waals surface area contributed by atoms with Crippen LogP contribution in [0, 0.1) is 17.8 Å². The highest BCUT2D eigenvalue weighted by Gasteiger charge is 2.39. The third-order valence-electron chi connectivity index (χ3n) is 4.56. The highest BCUT2D eigenvalue weighted by molar-refractivity contribution is 7.11. The maximum absolute atomic E-state index is 5.98. The number of fused-ring (bicyclic) bond motifs is 2. The number of aromatic nitrogens is 2. The number of nitrogens with two attached hydrogens (primary N) is 1. The molecule has 2 aliphatic rings. The molecule has 94 valence electrons. The van der Waals surface area contributed by atoms with Gasteiger partial charge in [-0.2, -0.15) is 0 Å². The van der Waals surface area contributed by atoms with Crippen LogP contribution < -0.4 is 5.73 Å². The summed E-state index contributed by atoms with van der Waals surface area (Å²) >= 11 is 1.73. The van der Waals surface area contributed by atoms with Crippen LogP contribution in [0.2, 0.25) is 0 Å². The molecule has 1 aromatic rings. The van der Waals surface area contributed by atoms with E-state index in [1.165, 1.54) is 30.7 Å². The first-order valence-corrected chi connectivity index (χ1v) is 7.65. The van der Waals surface area contributed by atoms with E-state index in [2.05, 4.69) is 17.1 Å². The van der Waals surface area contributed by atoms with Crippen LogP contribution in [0.4, 0.5) is 0 Å². The van der Waals surface area contributed by atoms with Gasteiger partial charge in [0.2, 0.25) is 0 Å². The Labute approximate surface area is 107 Å². The van der Waals surface area contributed by atoms with Gasteiger partial charge in [-0.25, -0.2) is 0 Å². The minimum absolute atomic E-state index is 0.0845. The average Bonchev–Trinajstić information content (AvgIpc) is 3.03. The molecule has 0 spiro atoms. The Morgan fingerprint density at radius 1 is 1.35 bits per heavy atom. The summed E-state index contributed by atoms with van der Waals surface area (Å²) in [5.74, 6) is 2.88. The summed E-state index contributed by atoms with van der Waals surface area (Å²) in [6.07, 6.45) is 7.93. The molecule has 2 N–H and O–H groups in total. The zero-order valence-electron chi connectivity index (χ0n) is 10.4. The molecular weight excluding hydrogens is 230 g/mol. The van der Waals surface area contributed by atoms with Crippen LogP contribution in [0.25, 0.3) is 0 Å². The molecule has 17 heavy (non-hydrogen) atoms. The fraction of sp³-hybridized carbons (Fsp3) is 0.846. The van der Waals surface area contributed by atoms with Gasteiger partial charge in [0, 0.05) is 6.42 Å². The smallest absolute Gasteiger partial charge is 0.134 e. The van der Waals surface area contributed by atoms with Gasteiger partial charge in [-0.3, -0.25) is 0 Å². The van der Waals surface area contributed by atoms with Crippen molar-refractivity contribution in [3.05, 3.63) is 10.0 Å². The first-order valence-electron chi connectivity index (χ1n) is 6.84. The monoisotopic (exact) mass is 251 g/mol. The van der Waals surface area contributed by atoms with Gasteiger partial charge in [-0.05, 0) is 43.4 Å². The topological polar surface area (TPSA) is 51.8 Å². The standard InChI is InChI=1S/C13H21N3S/c1-2-11(14)13-16-15-12(17-13)7-10-6-8-3-4-9(10)5-8/h8-11H,2-7,14H2,1H3. The second-order valence-electron chi connectivity index (χ2n) is 5.69. The lowest BCUT2D eigenvalue weighted by molar-refractivity contribution is 0.331. The molecule has 0 amide bonds. The molecule has 3 nitrogen and oxygen atoms in total. The maximum atomic E-state index is 5.98. The molecule has 2 saturated carbocycles. The molecular formula is C13H21N3S. The highest BCUT2D eigenvalue weighted by atomic mass is 32.1. The second kappa shape index (κ2) is 4.65. The van der Waals surface area contributed by atoms with Crippen molar-refractivity contribution in [3.8, 4) is 0 Å². The van der Waals surface area contributed by atoms with Gasteiger partial charge in [0.25, 0.3) is 0 Å². The summed E-state index contributed by atoms with van der Waals surface area (Å²) < 4.78 is 0.